The van der Waals surface area contributed by atoms with E-state index in [1.165, 1.54) is 0 Å². The van der Waals surface area contributed by atoms with Crippen LogP contribution in [0.4, 0.5) is 0 Å². The average Bonchev–Trinajstić information content (AvgIpc) is 2.97. The van der Waals surface area contributed by atoms with Gasteiger partial charge in [0.2, 0.25) is 5.78 Å². The van der Waals surface area contributed by atoms with Crippen LogP contribution >= 0.6 is 11.6 Å². The van der Waals surface area contributed by atoms with Gasteiger partial charge in [-0.15, -0.1) is 6.58 Å². The van der Waals surface area contributed by atoms with E-state index in [0.717, 1.165) is 5.56 Å². The number of aryl methyl sites for hydroxylation is 1. The van der Waals surface area contributed by atoms with Crippen LogP contribution in [-0.2, 0) is 6.42 Å². The van der Waals surface area contributed by atoms with Gasteiger partial charge in [-0.25, -0.2) is 0 Å². The average molecular weight is 357 g/mol. The number of carbonyl (C=O) groups excluding carboxylic acids is 1. The second kappa shape index (κ2) is 6.65. The summed E-state index contributed by atoms with van der Waals surface area (Å²) in [6.07, 6.45) is 2.23. The highest BCUT2D eigenvalue weighted by atomic mass is 35.5. The minimum Gasteiger partial charge on any atom is -0.506 e. The van der Waals surface area contributed by atoms with E-state index >= 15 is 0 Å². The number of rotatable bonds is 5. The van der Waals surface area contributed by atoms with Crippen molar-refractivity contribution in [2.24, 2.45) is 0 Å². The fraction of sp³-hybridized carbons (Fsp3) is 0.150. The van der Waals surface area contributed by atoms with Crippen molar-refractivity contribution < 1.29 is 19.1 Å². The lowest BCUT2D eigenvalue weighted by molar-refractivity contribution is 0.101. The molecule has 4 nitrogen and oxygen atoms in total. The van der Waals surface area contributed by atoms with Crippen LogP contribution < -0.4 is 4.74 Å². The summed E-state index contributed by atoms with van der Waals surface area (Å²) in [5.41, 5.74) is 2.25. The van der Waals surface area contributed by atoms with Gasteiger partial charge in [-0.1, -0.05) is 17.7 Å². The number of furan rings is 1. The number of methoxy groups -OCH3 is 1. The second-order valence-electron chi connectivity index (χ2n) is 5.68. The highest BCUT2D eigenvalue weighted by Crippen LogP contribution is 2.40. The van der Waals surface area contributed by atoms with E-state index in [1.807, 2.05) is 0 Å². The van der Waals surface area contributed by atoms with E-state index < -0.39 is 0 Å². The Labute approximate surface area is 150 Å². The molecule has 25 heavy (non-hydrogen) atoms. The van der Waals surface area contributed by atoms with Gasteiger partial charge in [0, 0.05) is 16.7 Å². The van der Waals surface area contributed by atoms with E-state index in [9.17, 15) is 9.90 Å². The minimum absolute atomic E-state index is 0.0838. The van der Waals surface area contributed by atoms with Crippen molar-refractivity contribution in [2.75, 3.05) is 7.11 Å². The summed E-state index contributed by atoms with van der Waals surface area (Å²) >= 11 is 6.11. The topological polar surface area (TPSA) is 59.7 Å². The summed E-state index contributed by atoms with van der Waals surface area (Å²) < 4.78 is 10.9. The number of hydrogen-bond donors (Lipinski definition) is 1. The quantitative estimate of drug-likeness (QED) is 0.512. The summed E-state index contributed by atoms with van der Waals surface area (Å²) in [5.74, 6) is 0.495. The normalized spacial score (nSPS) is 10.8. The van der Waals surface area contributed by atoms with Crippen LogP contribution in [0.25, 0.3) is 11.0 Å². The molecule has 128 valence electrons. The molecular weight excluding hydrogens is 340 g/mol. The van der Waals surface area contributed by atoms with Crippen LogP contribution in [-0.4, -0.2) is 18.0 Å². The van der Waals surface area contributed by atoms with Gasteiger partial charge in [0.25, 0.3) is 0 Å². The van der Waals surface area contributed by atoms with Crippen LogP contribution in [0.5, 0.6) is 11.5 Å². The SMILES string of the molecule is C=CCc1cc(Cl)c(O)c2c(C)c(C(=O)c3ccc(OC)cc3)oc12. The first kappa shape index (κ1) is 17.1. The van der Waals surface area contributed by atoms with Crippen molar-refractivity contribution >= 4 is 28.4 Å². The third-order valence-electron chi connectivity index (χ3n) is 4.13. The zero-order valence-corrected chi connectivity index (χ0v) is 14.7. The zero-order chi connectivity index (χ0) is 18.1. The molecule has 3 rings (SSSR count). The molecule has 0 aliphatic heterocycles. The Hall–Kier alpha value is -2.72. The van der Waals surface area contributed by atoms with E-state index in [0.29, 0.717) is 34.3 Å². The number of aromatic hydroxyl groups is 1. The maximum atomic E-state index is 12.8. The van der Waals surface area contributed by atoms with E-state index in [1.54, 1.807) is 50.4 Å². The van der Waals surface area contributed by atoms with Crippen molar-refractivity contribution in [1.29, 1.82) is 0 Å². The largest absolute Gasteiger partial charge is 0.506 e. The molecule has 0 fully saturated rings. The summed E-state index contributed by atoms with van der Waals surface area (Å²) in [6.45, 7) is 5.45. The van der Waals surface area contributed by atoms with Gasteiger partial charge in [-0.05, 0) is 43.7 Å². The molecule has 2 aromatic carbocycles. The standard InChI is InChI=1S/C20H17ClO4/c1-4-5-13-10-15(21)18(23)16-11(2)19(25-20(13)16)17(22)12-6-8-14(24-3)9-7-12/h4,6-10,23H,1,5H2,2-3H3. The van der Waals surface area contributed by atoms with Crippen molar-refractivity contribution in [3.05, 3.63) is 70.5 Å². The van der Waals surface area contributed by atoms with Crippen LogP contribution in [0.1, 0.15) is 27.2 Å². The maximum Gasteiger partial charge on any atom is 0.228 e. The summed E-state index contributed by atoms with van der Waals surface area (Å²) in [4.78, 5) is 12.8. The summed E-state index contributed by atoms with van der Waals surface area (Å²) in [7, 11) is 1.56. The maximum absolute atomic E-state index is 12.8. The van der Waals surface area contributed by atoms with E-state index in [-0.39, 0.29) is 22.3 Å². The molecule has 0 aliphatic rings. The third-order valence-corrected chi connectivity index (χ3v) is 4.41. The number of hydrogen-bond acceptors (Lipinski definition) is 4. The van der Waals surface area contributed by atoms with E-state index in [2.05, 4.69) is 6.58 Å². The van der Waals surface area contributed by atoms with E-state index in [4.69, 9.17) is 20.8 Å². The van der Waals surface area contributed by atoms with Gasteiger partial charge >= 0.3 is 0 Å². The monoisotopic (exact) mass is 356 g/mol. The van der Waals surface area contributed by atoms with Gasteiger partial charge < -0.3 is 14.3 Å². The molecule has 0 spiro atoms. The van der Waals surface area contributed by atoms with Gasteiger partial charge in [-0.2, -0.15) is 0 Å². The van der Waals surface area contributed by atoms with Crippen molar-refractivity contribution in [1.82, 2.24) is 0 Å². The molecule has 1 aromatic heterocycles. The van der Waals surface area contributed by atoms with Crippen LogP contribution in [0.15, 0.2) is 47.4 Å². The Balaban J connectivity index is 2.17. The molecule has 0 saturated heterocycles. The van der Waals surface area contributed by atoms with Gasteiger partial charge in [0.15, 0.2) is 5.76 Å². The molecule has 0 aliphatic carbocycles. The molecule has 1 heterocycles. The molecule has 0 atom stereocenters. The number of ketones is 1. The minimum atomic E-state index is -0.267. The summed E-state index contributed by atoms with van der Waals surface area (Å²) in [6, 6.07) is 8.40. The van der Waals surface area contributed by atoms with Crippen LogP contribution in [0, 0.1) is 6.92 Å². The third kappa shape index (κ3) is 2.89. The molecule has 3 aromatic rings. The lowest BCUT2D eigenvalue weighted by Gasteiger charge is -2.03. The van der Waals surface area contributed by atoms with Crippen molar-refractivity contribution in [3.63, 3.8) is 0 Å². The van der Waals surface area contributed by atoms with Crippen LogP contribution in [0.2, 0.25) is 5.02 Å². The second-order valence-corrected chi connectivity index (χ2v) is 6.08. The first-order chi connectivity index (χ1) is 12.0. The van der Waals surface area contributed by atoms with Gasteiger partial charge in [0.05, 0.1) is 17.5 Å². The fourth-order valence-corrected chi connectivity index (χ4v) is 3.05. The van der Waals surface area contributed by atoms with Gasteiger partial charge in [0.1, 0.15) is 17.1 Å². The number of halogens is 1. The predicted molar refractivity (Wildman–Crippen MR) is 98.0 cm³/mol. The predicted octanol–water partition coefficient (Wildman–Crippen LogP) is 5.07. The number of ether oxygens (including phenoxy) is 1. The Kier molecular flexibility index (Phi) is 4.55. The Bertz CT molecular complexity index is 968. The Morgan fingerprint density at radius 1 is 1.36 bits per heavy atom. The first-order valence-corrected chi connectivity index (χ1v) is 8.08. The lowest BCUT2D eigenvalue weighted by Crippen LogP contribution is -2.01. The number of benzene rings is 2. The zero-order valence-electron chi connectivity index (χ0n) is 13.9. The first-order valence-electron chi connectivity index (χ1n) is 7.71. The van der Waals surface area contributed by atoms with Gasteiger partial charge in [-0.3, -0.25) is 4.79 Å². The number of phenols is 1. The fourth-order valence-electron chi connectivity index (χ4n) is 2.83. The van der Waals surface area contributed by atoms with Crippen molar-refractivity contribution in [2.45, 2.75) is 13.3 Å². The molecule has 1 N–H and O–H groups in total. The molecule has 0 unspecified atom stereocenters. The summed E-state index contributed by atoms with van der Waals surface area (Å²) in [5, 5.41) is 11.0. The Morgan fingerprint density at radius 3 is 2.64 bits per heavy atom. The highest BCUT2D eigenvalue weighted by molar-refractivity contribution is 6.33. The molecular formula is C20H17ClO4. The lowest BCUT2D eigenvalue weighted by atomic mass is 10.0. The Morgan fingerprint density at radius 2 is 2.04 bits per heavy atom. The van der Waals surface area contributed by atoms with Crippen molar-refractivity contribution in [3.8, 4) is 11.5 Å². The molecule has 0 bridgehead atoms. The number of fused-ring (bicyclic) bond motifs is 1. The molecule has 0 radical (unpaired) electrons. The smallest absolute Gasteiger partial charge is 0.228 e. The molecule has 0 saturated carbocycles. The highest BCUT2D eigenvalue weighted by Gasteiger charge is 2.24. The molecule has 5 heteroatoms. The number of allylic oxidation sites excluding steroid dienone is 1. The number of carbonyl (C=O) groups is 1. The number of phenolic OH excluding ortho intramolecular Hbond substituents is 1. The van der Waals surface area contributed by atoms with Crippen LogP contribution in [0.3, 0.4) is 0 Å². The molecule has 0 amide bonds.